The van der Waals surface area contributed by atoms with Crippen LogP contribution in [0, 0.1) is 13.8 Å². The van der Waals surface area contributed by atoms with Crippen LogP contribution in [0.4, 0.5) is 5.95 Å². The van der Waals surface area contributed by atoms with E-state index in [1.54, 1.807) is 32.2 Å². The van der Waals surface area contributed by atoms with Crippen molar-refractivity contribution in [2.45, 2.75) is 20.5 Å². The predicted octanol–water partition coefficient (Wildman–Crippen LogP) is 4.07. The van der Waals surface area contributed by atoms with Crippen molar-refractivity contribution in [1.82, 2.24) is 9.97 Å². The number of benzene rings is 2. The summed E-state index contributed by atoms with van der Waals surface area (Å²) < 4.78 is 5.75. The monoisotopic (exact) mass is 382 g/mol. The van der Waals surface area contributed by atoms with Gasteiger partial charge in [-0.3, -0.25) is 9.78 Å². The van der Waals surface area contributed by atoms with E-state index in [9.17, 15) is 4.79 Å². The molecule has 2 N–H and O–H groups in total. The fourth-order valence-corrected chi connectivity index (χ4v) is 2.56. The van der Waals surface area contributed by atoms with E-state index in [1.165, 1.54) is 0 Å². The normalized spacial score (nSPS) is 10.9. The van der Waals surface area contributed by atoms with Gasteiger partial charge < -0.3 is 4.74 Å². The van der Waals surface area contributed by atoms with Crippen LogP contribution in [0.15, 0.2) is 58.4 Å². The van der Waals surface area contributed by atoms with Gasteiger partial charge in [-0.25, -0.2) is 10.4 Å². The molecule has 0 radical (unpaired) electrons. The third-order valence-corrected chi connectivity index (χ3v) is 4.27. The molecule has 3 rings (SSSR count). The first kappa shape index (κ1) is 18.7. The SMILES string of the molecule is Cc1nc(N/N=C\c2ccc(OCc3ccccc3)c(Cl)c2)[nH]c(=O)c1C. The topological polar surface area (TPSA) is 79.4 Å². The number of aromatic nitrogens is 2. The summed E-state index contributed by atoms with van der Waals surface area (Å²) in [6.45, 7) is 3.94. The van der Waals surface area contributed by atoms with Crippen molar-refractivity contribution < 1.29 is 4.74 Å². The highest BCUT2D eigenvalue weighted by Crippen LogP contribution is 2.25. The lowest BCUT2D eigenvalue weighted by molar-refractivity contribution is 0.306. The number of aryl methyl sites for hydroxylation is 1. The minimum atomic E-state index is -0.192. The molecule has 1 heterocycles. The fraction of sp³-hybridized carbons (Fsp3) is 0.150. The van der Waals surface area contributed by atoms with E-state index in [0.717, 1.165) is 11.1 Å². The lowest BCUT2D eigenvalue weighted by Gasteiger charge is -2.08. The van der Waals surface area contributed by atoms with Gasteiger partial charge >= 0.3 is 0 Å². The second kappa shape index (κ2) is 8.51. The van der Waals surface area contributed by atoms with E-state index in [0.29, 0.717) is 28.6 Å². The number of ether oxygens (including phenoxy) is 1. The van der Waals surface area contributed by atoms with Crippen molar-refractivity contribution in [2.75, 3.05) is 5.43 Å². The molecule has 7 heteroatoms. The standard InChI is InChI=1S/C20H19ClN4O2/c1-13-14(2)23-20(24-19(13)26)25-22-11-16-8-9-18(17(21)10-16)27-12-15-6-4-3-5-7-15/h3-11H,12H2,1-2H3,(H2,23,24,25,26)/b22-11-. The molecule has 6 nitrogen and oxygen atoms in total. The highest BCUT2D eigenvalue weighted by Gasteiger charge is 2.04. The smallest absolute Gasteiger partial charge is 0.255 e. The summed E-state index contributed by atoms with van der Waals surface area (Å²) in [4.78, 5) is 18.6. The van der Waals surface area contributed by atoms with E-state index in [2.05, 4.69) is 20.5 Å². The van der Waals surface area contributed by atoms with Crippen molar-refractivity contribution in [3.05, 3.63) is 86.3 Å². The summed E-state index contributed by atoms with van der Waals surface area (Å²) in [5.74, 6) is 0.888. The Morgan fingerprint density at radius 1 is 1.22 bits per heavy atom. The molecule has 0 atom stereocenters. The first-order chi connectivity index (χ1) is 13.0. The van der Waals surface area contributed by atoms with Crippen molar-refractivity contribution in [3.8, 4) is 5.75 Å². The molecule has 0 fully saturated rings. The fourth-order valence-electron chi connectivity index (χ4n) is 2.32. The van der Waals surface area contributed by atoms with E-state index in [1.807, 2.05) is 36.4 Å². The Bertz CT molecular complexity index is 1020. The molecule has 1 aromatic heterocycles. The van der Waals surface area contributed by atoms with Crippen LogP contribution in [-0.2, 0) is 6.61 Å². The molecule has 0 saturated carbocycles. The Morgan fingerprint density at radius 3 is 2.70 bits per heavy atom. The minimum Gasteiger partial charge on any atom is -0.487 e. The van der Waals surface area contributed by atoms with E-state index in [4.69, 9.17) is 16.3 Å². The number of halogens is 1. The zero-order chi connectivity index (χ0) is 19.2. The Hall–Kier alpha value is -3.12. The lowest BCUT2D eigenvalue weighted by atomic mass is 10.2. The van der Waals surface area contributed by atoms with Gasteiger partial charge in [0, 0.05) is 11.3 Å². The van der Waals surface area contributed by atoms with Crippen LogP contribution in [-0.4, -0.2) is 16.2 Å². The van der Waals surface area contributed by atoms with Gasteiger partial charge in [0.15, 0.2) is 0 Å². The summed E-state index contributed by atoms with van der Waals surface area (Å²) in [6, 6.07) is 15.3. The maximum Gasteiger partial charge on any atom is 0.255 e. The van der Waals surface area contributed by atoms with Gasteiger partial charge in [0.2, 0.25) is 5.95 Å². The Labute approximate surface area is 161 Å². The largest absolute Gasteiger partial charge is 0.487 e. The third kappa shape index (κ3) is 4.95. The molecule has 138 valence electrons. The quantitative estimate of drug-likeness (QED) is 0.497. The molecule has 27 heavy (non-hydrogen) atoms. The van der Waals surface area contributed by atoms with Gasteiger partial charge in [-0.05, 0) is 43.2 Å². The number of anilines is 1. The average Bonchev–Trinajstić information content (AvgIpc) is 2.66. The number of hydrogen-bond acceptors (Lipinski definition) is 5. The number of H-pyrrole nitrogens is 1. The summed E-state index contributed by atoms with van der Waals surface area (Å²) in [5, 5.41) is 4.57. The van der Waals surface area contributed by atoms with Gasteiger partial charge in [-0.2, -0.15) is 5.10 Å². The Kier molecular flexibility index (Phi) is 5.88. The second-order valence-corrected chi connectivity index (χ2v) is 6.37. The Balaban J connectivity index is 1.63. The van der Waals surface area contributed by atoms with E-state index in [-0.39, 0.29) is 11.5 Å². The molecular formula is C20H19ClN4O2. The molecule has 0 aliphatic carbocycles. The van der Waals surface area contributed by atoms with Gasteiger partial charge in [-0.15, -0.1) is 0 Å². The summed E-state index contributed by atoms with van der Waals surface area (Å²) in [7, 11) is 0. The maximum atomic E-state index is 11.7. The number of nitrogens with one attached hydrogen (secondary N) is 2. The van der Waals surface area contributed by atoms with Crippen LogP contribution in [0.1, 0.15) is 22.4 Å². The number of hydrazone groups is 1. The molecule has 2 aromatic carbocycles. The zero-order valence-electron chi connectivity index (χ0n) is 15.0. The third-order valence-electron chi connectivity index (χ3n) is 3.97. The van der Waals surface area contributed by atoms with Crippen LogP contribution in [0.25, 0.3) is 0 Å². The van der Waals surface area contributed by atoms with Crippen molar-refractivity contribution in [1.29, 1.82) is 0 Å². The highest BCUT2D eigenvalue weighted by molar-refractivity contribution is 6.32. The molecule has 0 spiro atoms. The molecule has 0 unspecified atom stereocenters. The van der Waals surface area contributed by atoms with Crippen LogP contribution < -0.4 is 15.7 Å². The molecule has 0 aliphatic heterocycles. The molecule has 0 amide bonds. The van der Waals surface area contributed by atoms with Gasteiger partial charge in [0.1, 0.15) is 12.4 Å². The first-order valence-electron chi connectivity index (χ1n) is 8.36. The summed E-state index contributed by atoms with van der Waals surface area (Å²) >= 11 is 6.28. The van der Waals surface area contributed by atoms with Gasteiger partial charge in [0.25, 0.3) is 5.56 Å². The van der Waals surface area contributed by atoms with Gasteiger partial charge in [0.05, 0.1) is 11.2 Å². The number of rotatable bonds is 6. The van der Waals surface area contributed by atoms with Crippen LogP contribution in [0.2, 0.25) is 5.02 Å². The lowest BCUT2D eigenvalue weighted by Crippen LogP contribution is -2.15. The summed E-state index contributed by atoms with van der Waals surface area (Å²) in [5.41, 5.74) is 5.61. The molecule has 0 aliphatic rings. The van der Waals surface area contributed by atoms with Crippen LogP contribution >= 0.6 is 11.6 Å². The summed E-state index contributed by atoms with van der Waals surface area (Å²) in [6.07, 6.45) is 1.59. The van der Waals surface area contributed by atoms with Crippen molar-refractivity contribution >= 4 is 23.8 Å². The van der Waals surface area contributed by atoms with Gasteiger partial charge in [-0.1, -0.05) is 41.9 Å². The average molecular weight is 383 g/mol. The van der Waals surface area contributed by atoms with E-state index >= 15 is 0 Å². The number of nitrogens with zero attached hydrogens (tertiary/aromatic N) is 2. The molecule has 0 saturated heterocycles. The zero-order valence-corrected chi connectivity index (χ0v) is 15.7. The van der Waals surface area contributed by atoms with Crippen LogP contribution in [0.3, 0.4) is 0 Å². The van der Waals surface area contributed by atoms with Crippen molar-refractivity contribution in [3.63, 3.8) is 0 Å². The minimum absolute atomic E-state index is 0.192. The second-order valence-electron chi connectivity index (χ2n) is 5.96. The number of hydrogen-bond donors (Lipinski definition) is 2. The Morgan fingerprint density at radius 2 is 2.00 bits per heavy atom. The number of aromatic amines is 1. The van der Waals surface area contributed by atoms with Crippen LogP contribution in [0.5, 0.6) is 5.75 Å². The molecular weight excluding hydrogens is 364 g/mol. The van der Waals surface area contributed by atoms with Crippen molar-refractivity contribution in [2.24, 2.45) is 5.10 Å². The maximum absolute atomic E-state index is 11.7. The molecule has 3 aromatic rings. The van der Waals surface area contributed by atoms with E-state index < -0.39 is 0 Å². The molecule has 0 bridgehead atoms. The predicted molar refractivity (Wildman–Crippen MR) is 108 cm³/mol. The first-order valence-corrected chi connectivity index (χ1v) is 8.73. The highest BCUT2D eigenvalue weighted by atomic mass is 35.5.